The van der Waals surface area contributed by atoms with Crippen LogP contribution in [0.3, 0.4) is 0 Å². The highest BCUT2D eigenvalue weighted by atomic mass is 127. The summed E-state index contributed by atoms with van der Waals surface area (Å²) in [5.74, 6) is 1.06. The second-order valence-electron chi connectivity index (χ2n) is 4.51. The standard InChI is InChI=1S/C16H16INO3/c1-10-4-6-12(13(17)8-10)16(19)18-11-5-7-14(20-2)15(9-11)21-3/h4-9H,1-3H3,(H,18,19). The Morgan fingerprint density at radius 1 is 1.05 bits per heavy atom. The van der Waals surface area contributed by atoms with Crippen LogP contribution in [0, 0.1) is 10.5 Å². The average Bonchev–Trinajstić information content (AvgIpc) is 2.46. The maximum Gasteiger partial charge on any atom is 0.256 e. The molecule has 0 aliphatic heterocycles. The Bertz CT molecular complexity index is 671. The van der Waals surface area contributed by atoms with Crippen LogP contribution in [-0.2, 0) is 0 Å². The first-order chi connectivity index (χ1) is 10.0. The monoisotopic (exact) mass is 397 g/mol. The van der Waals surface area contributed by atoms with Gasteiger partial charge in [0.1, 0.15) is 0 Å². The Hall–Kier alpha value is -1.76. The molecule has 0 unspecified atom stereocenters. The molecule has 0 aliphatic carbocycles. The Balaban J connectivity index is 2.23. The average molecular weight is 397 g/mol. The van der Waals surface area contributed by atoms with E-state index >= 15 is 0 Å². The highest BCUT2D eigenvalue weighted by Crippen LogP contribution is 2.30. The molecule has 2 aromatic rings. The zero-order chi connectivity index (χ0) is 15.4. The van der Waals surface area contributed by atoms with E-state index in [2.05, 4.69) is 27.9 Å². The van der Waals surface area contributed by atoms with Crippen molar-refractivity contribution in [2.45, 2.75) is 6.92 Å². The van der Waals surface area contributed by atoms with Gasteiger partial charge < -0.3 is 14.8 Å². The van der Waals surface area contributed by atoms with E-state index < -0.39 is 0 Å². The zero-order valence-electron chi connectivity index (χ0n) is 12.1. The van der Waals surface area contributed by atoms with E-state index in [1.807, 2.05) is 25.1 Å². The molecule has 2 aromatic carbocycles. The molecule has 0 atom stereocenters. The van der Waals surface area contributed by atoms with Crippen molar-refractivity contribution in [1.82, 2.24) is 0 Å². The van der Waals surface area contributed by atoms with Crippen LogP contribution in [0.25, 0.3) is 0 Å². The van der Waals surface area contributed by atoms with Gasteiger partial charge in [-0.3, -0.25) is 4.79 Å². The molecule has 0 radical (unpaired) electrons. The van der Waals surface area contributed by atoms with Crippen molar-refractivity contribution in [3.63, 3.8) is 0 Å². The highest BCUT2D eigenvalue weighted by Gasteiger charge is 2.12. The minimum atomic E-state index is -0.147. The van der Waals surface area contributed by atoms with Crippen molar-refractivity contribution in [3.8, 4) is 11.5 Å². The Kier molecular flexibility index (Phi) is 5.06. The largest absolute Gasteiger partial charge is 0.493 e. The molecule has 0 heterocycles. The maximum absolute atomic E-state index is 12.3. The molecular weight excluding hydrogens is 381 g/mol. The molecule has 21 heavy (non-hydrogen) atoms. The number of nitrogens with one attached hydrogen (secondary N) is 1. The molecule has 0 spiro atoms. The lowest BCUT2D eigenvalue weighted by atomic mass is 10.1. The second kappa shape index (κ2) is 6.80. The minimum Gasteiger partial charge on any atom is -0.493 e. The number of rotatable bonds is 4. The molecule has 4 nitrogen and oxygen atoms in total. The van der Waals surface area contributed by atoms with Crippen LogP contribution in [0.1, 0.15) is 15.9 Å². The zero-order valence-corrected chi connectivity index (χ0v) is 14.2. The van der Waals surface area contributed by atoms with E-state index in [-0.39, 0.29) is 5.91 Å². The van der Waals surface area contributed by atoms with Crippen LogP contribution in [-0.4, -0.2) is 20.1 Å². The van der Waals surface area contributed by atoms with Gasteiger partial charge in [-0.05, 0) is 53.8 Å². The number of carbonyl (C=O) groups excluding carboxylic acids is 1. The third-order valence-electron chi connectivity index (χ3n) is 3.01. The van der Waals surface area contributed by atoms with Gasteiger partial charge in [0.05, 0.1) is 19.8 Å². The SMILES string of the molecule is COc1ccc(NC(=O)c2ccc(C)cc2I)cc1OC. The molecule has 5 heteroatoms. The van der Waals surface area contributed by atoms with Crippen LogP contribution in [0.4, 0.5) is 5.69 Å². The molecule has 1 N–H and O–H groups in total. The maximum atomic E-state index is 12.3. The minimum absolute atomic E-state index is 0.147. The van der Waals surface area contributed by atoms with Gasteiger partial charge in [-0.15, -0.1) is 0 Å². The summed E-state index contributed by atoms with van der Waals surface area (Å²) in [4.78, 5) is 12.3. The van der Waals surface area contributed by atoms with Gasteiger partial charge in [-0.25, -0.2) is 0 Å². The van der Waals surface area contributed by atoms with E-state index in [4.69, 9.17) is 9.47 Å². The molecule has 0 aromatic heterocycles. The third kappa shape index (κ3) is 3.66. The molecule has 0 saturated carbocycles. The highest BCUT2D eigenvalue weighted by molar-refractivity contribution is 14.1. The van der Waals surface area contributed by atoms with Crippen LogP contribution in [0.5, 0.6) is 11.5 Å². The summed E-state index contributed by atoms with van der Waals surface area (Å²) >= 11 is 2.16. The fourth-order valence-corrected chi connectivity index (χ4v) is 2.83. The van der Waals surface area contributed by atoms with Crippen molar-refractivity contribution in [2.24, 2.45) is 0 Å². The summed E-state index contributed by atoms with van der Waals surface area (Å²) in [7, 11) is 3.14. The number of aryl methyl sites for hydroxylation is 1. The van der Waals surface area contributed by atoms with Gasteiger partial charge in [-0.2, -0.15) is 0 Å². The summed E-state index contributed by atoms with van der Waals surface area (Å²) in [5, 5.41) is 2.87. The number of halogens is 1. The first kappa shape index (κ1) is 15.6. The number of hydrogen-bond donors (Lipinski definition) is 1. The number of methoxy groups -OCH3 is 2. The molecule has 0 saturated heterocycles. The molecule has 110 valence electrons. The first-order valence-corrected chi connectivity index (χ1v) is 7.42. The number of anilines is 1. The topological polar surface area (TPSA) is 47.6 Å². The number of benzene rings is 2. The molecule has 0 fully saturated rings. The summed E-state index contributed by atoms with van der Waals surface area (Å²) in [6.07, 6.45) is 0. The van der Waals surface area contributed by atoms with Gasteiger partial charge >= 0.3 is 0 Å². The van der Waals surface area contributed by atoms with E-state index in [0.29, 0.717) is 22.7 Å². The van der Waals surface area contributed by atoms with Crippen LogP contribution < -0.4 is 14.8 Å². The quantitative estimate of drug-likeness (QED) is 0.797. The van der Waals surface area contributed by atoms with Gasteiger partial charge in [0.2, 0.25) is 0 Å². The third-order valence-corrected chi connectivity index (χ3v) is 3.90. The molecule has 0 aliphatic rings. The molecule has 0 bridgehead atoms. The van der Waals surface area contributed by atoms with Crippen molar-refractivity contribution in [2.75, 3.05) is 19.5 Å². The predicted molar refractivity (Wildman–Crippen MR) is 91.4 cm³/mol. The predicted octanol–water partition coefficient (Wildman–Crippen LogP) is 3.87. The van der Waals surface area contributed by atoms with E-state index in [9.17, 15) is 4.79 Å². The van der Waals surface area contributed by atoms with Crippen molar-refractivity contribution >= 4 is 34.2 Å². The smallest absolute Gasteiger partial charge is 0.256 e. The molecule has 1 amide bonds. The van der Waals surface area contributed by atoms with E-state index in [1.165, 1.54) is 0 Å². The van der Waals surface area contributed by atoms with E-state index in [1.54, 1.807) is 32.4 Å². The lowest BCUT2D eigenvalue weighted by Gasteiger charge is -2.11. The lowest BCUT2D eigenvalue weighted by molar-refractivity contribution is 0.102. The van der Waals surface area contributed by atoms with Crippen LogP contribution in [0.2, 0.25) is 0 Å². The Morgan fingerprint density at radius 2 is 1.76 bits per heavy atom. The number of ether oxygens (including phenoxy) is 2. The van der Waals surface area contributed by atoms with Crippen LogP contribution in [0.15, 0.2) is 36.4 Å². The summed E-state index contributed by atoms with van der Waals surface area (Å²) < 4.78 is 11.3. The van der Waals surface area contributed by atoms with Gasteiger partial charge in [0, 0.05) is 15.3 Å². The van der Waals surface area contributed by atoms with Gasteiger partial charge in [0.25, 0.3) is 5.91 Å². The van der Waals surface area contributed by atoms with E-state index in [0.717, 1.165) is 9.13 Å². The van der Waals surface area contributed by atoms with Crippen molar-refractivity contribution in [3.05, 3.63) is 51.1 Å². The van der Waals surface area contributed by atoms with Gasteiger partial charge in [-0.1, -0.05) is 11.6 Å². The summed E-state index contributed by atoms with van der Waals surface area (Å²) in [5.41, 5.74) is 2.44. The Labute approximate surface area is 137 Å². The van der Waals surface area contributed by atoms with Crippen LogP contribution >= 0.6 is 22.6 Å². The number of carbonyl (C=O) groups is 1. The Morgan fingerprint density at radius 3 is 2.38 bits per heavy atom. The summed E-state index contributed by atoms with van der Waals surface area (Å²) in [6.45, 7) is 2.00. The fourth-order valence-electron chi connectivity index (χ4n) is 1.92. The normalized spacial score (nSPS) is 10.1. The first-order valence-electron chi connectivity index (χ1n) is 6.34. The number of hydrogen-bond acceptors (Lipinski definition) is 3. The van der Waals surface area contributed by atoms with Crippen molar-refractivity contribution < 1.29 is 14.3 Å². The fraction of sp³-hybridized carbons (Fsp3) is 0.188. The van der Waals surface area contributed by atoms with Crippen molar-refractivity contribution in [1.29, 1.82) is 0 Å². The number of amides is 1. The summed E-state index contributed by atoms with van der Waals surface area (Å²) in [6, 6.07) is 11.0. The van der Waals surface area contributed by atoms with Gasteiger partial charge in [0.15, 0.2) is 11.5 Å². The lowest BCUT2D eigenvalue weighted by Crippen LogP contribution is -2.13. The second-order valence-corrected chi connectivity index (χ2v) is 5.67. The molecular formula is C16H16INO3. The molecule has 2 rings (SSSR count).